The maximum atomic E-state index is 12.6. The van der Waals surface area contributed by atoms with E-state index in [1.165, 1.54) is 28.8 Å². The molecule has 0 spiro atoms. The molecule has 3 aromatic carbocycles. The summed E-state index contributed by atoms with van der Waals surface area (Å²) in [5, 5.41) is 10.9. The third-order valence-corrected chi connectivity index (χ3v) is 6.49. The van der Waals surface area contributed by atoms with Gasteiger partial charge >= 0.3 is 12.4 Å². The van der Waals surface area contributed by atoms with Gasteiger partial charge in [-0.1, -0.05) is 17.8 Å². The summed E-state index contributed by atoms with van der Waals surface area (Å²) in [6.07, 6.45) is -4.78. The molecule has 5 rings (SSSR count). The zero-order valence-electron chi connectivity index (χ0n) is 21.0. The Morgan fingerprint density at radius 2 is 1.55 bits per heavy atom. The molecule has 0 bridgehead atoms. The van der Waals surface area contributed by atoms with Gasteiger partial charge in [0.25, 0.3) is 0 Å². The summed E-state index contributed by atoms with van der Waals surface area (Å²) in [6, 6.07) is 16.7. The van der Waals surface area contributed by atoms with Gasteiger partial charge in [0.15, 0.2) is 5.17 Å². The van der Waals surface area contributed by atoms with Gasteiger partial charge < -0.3 is 14.5 Å². The van der Waals surface area contributed by atoms with E-state index in [1.54, 1.807) is 24.3 Å². The number of hydrogen-bond donors (Lipinski definition) is 1. The van der Waals surface area contributed by atoms with Crippen LogP contribution in [-0.4, -0.2) is 39.4 Å². The standard InChI is InChI=1S/C27H20F3N5O4S/c1-15-11-16(2)13-20(12-15)35-22(36)14-40-26(35)32-25(37)31-19-7-3-17(4-8-19)23-33-34-24(38-23)18-5-9-21(10-6-18)39-27(28,29)30/h3-13H,14H2,1-2H3,(H,31,37). The summed E-state index contributed by atoms with van der Waals surface area (Å²) in [5.74, 6) is -0.0523. The van der Waals surface area contributed by atoms with Crippen LogP contribution in [0.25, 0.3) is 22.9 Å². The van der Waals surface area contributed by atoms with Crippen molar-refractivity contribution in [2.24, 2.45) is 4.99 Å². The lowest BCUT2D eigenvalue weighted by Gasteiger charge is -2.17. The molecule has 0 saturated carbocycles. The maximum absolute atomic E-state index is 12.6. The normalized spacial score (nSPS) is 14.6. The summed E-state index contributed by atoms with van der Waals surface area (Å²) in [7, 11) is 0. The van der Waals surface area contributed by atoms with Crippen LogP contribution in [0.1, 0.15) is 11.1 Å². The first-order chi connectivity index (χ1) is 19.0. The quantitative estimate of drug-likeness (QED) is 0.290. The third-order valence-electron chi connectivity index (χ3n) is 5.57. The van der Waals surface area contributed by atoms with E-state index in [-0.39, 0.29) is 29.2 Å². The Balaban J connectivity index is 1.25. The number of amidine groups is 1. The van der Waals surface area contributed by atoms with Gasteiger partial charge in [0.1, 0.15) is 5.75 Å². The fourth-order valence-electron chi connectivity index (χ4n) is 3.97. The van der Waals surface area contributed by atoms with Crippen LogP contribution in [0.2, 0.25) is 0 Å². The summed E-state index contributed by atoms with van der Waals surface area (Å²) in [4.78, 5) is 30.7. The number of halogens is 3. The lowest BCUT2D eigenvalue weighted by Crippen LogP contribution is -2.30. The van der Waals surface area contributed by atoms with Crippen molar-refractivity contribution in [3.8, 4) is 28.7 Å². The number of nitrogens with zero attached hydrogens (tertiary/aromatic N) is 4. The molecular weight excluding hydrogens is 547 g/mol. The van der Waals surface area contributed by atoms with E-state index in [0.29, 0.717) is 27.7 Å². The van der Waals surface area contributed by atoms with Gasteiger partial charge in [0, 0.05) is 16.8 Å². The molecule has 1 aliphatic heterocycles. The molecule has 40 heavy (non-hydrogen) atoms. The molecule has 3 amide bonds. The van der Waals surface area contributed by atoms with Crippen molar-refractivity contribution in [3.63, 3.8) is 0 Å². The minimum absolute atomic E-state index is 0.110. The molecule has 13 heteroatoms. The molecule has 204 valence electrons. The fourth-order valence-corrected chi connectivity index (χ4v) is 4.83. The summed E-state index contributed by atoms with van der Waals surface area (Å²) < 4.78 is 46.6. The van der Waals surface area contributed by atoms with Gasteiger partial charge in [-0.05, 0) is 85.6 Å². The summed E-state index contributed by atoms with van der Waals surface area (Å²) in [5.41, 5.74) is 4.06. The molecule has 2 heterocycles. The van der Waals surface area contributed by atoms with E-state index in [9.17, 15) is 22.8 Å². The number of aromatic nitrogens is 2. The van der Waals surface area contributed by atoms with Gasteiger partial charge in [-0.3, -0.25) is 9.69 Å². The van der Waals surface area contributed by atoms with Crippen LogP contribution in [0.4, 0.5) is 29.3 Å². The highest BCUT2D eigenvalue weighted by atomic mass is 32.2. The monoisotopic (exact) mass is 567 g/mol. The summed E-state index contributed by atoms with van der Waals surface area (Å²) in [6.45, 7) is 3.86. The summed E-state index contributed by atoms with van der Waals surface area (Å²) >= 11 is 1.19. The molecule has 1 N–H and O–H groups in total. The number of thioether (sulfide) groups is 1. The van der Waals surface area contributed by atoms with Gasteiger partial charge in [0.05, 0.1) is 11.4 Å². The molecule has 1 aliphatic rings. The van der Waals surface area contributed by atoms with E-state index in [4.69, 9.17) is 4.42 Å². The van der Waals surface area contributed by atoms with E-state index < -0.39 is 12.4 Å². The molecule has 0 aliphatic carbocycles. The Kier molecular flexibility index (Phi) is 7.30. The first-order valence-electron chi connectivity index (χ1n) is 11.8. The first kappa shape index (κ1) is 26.9. The Morgan fingerprint density at radius 1 is 0.975 bits per heavy atom. The van der Waals surface area contributed by atoms with Crippen molar-refractivity contribution in [3.05, 3.63) is 77.9 Å². The van der Waals surface area contributed by atoms with Gasteiger partial charge in [-0.2, -0.15) is 4.99 Å². The lowest BCUT2D eigenvalue weighted by atomic mass is 10.1. The number of amides is 3. The molecule has 9 nitrogen and oxygen atoms in total. The van der Waals surface area contributed by atoms with Crippen LogP contribution in [0.15, 0.2) is 76.1 Å². The number of carbonyl (C=O) groups excluding carboxylic acids is 2. The number of ether oxygens (including phenoxy) is 1. The van der Waals surface area contributed by atoms with Gasteiger partial charge in [-0.25, -0.2) is 4.79 Å². The molecule has 1 aromatic heterocycles. The predicted molar refractivity (Wildman–Crippen MR) is 144 cm³/mol. The maximum Gasteiger partial charge on any atom is 0.573 e. The largest absolute Gasteiger partial charge is 0.573 e. The number of benzene rings is 3. The van der Waals surface area contributed by atoms with Crippen LogP contribution >= 0.6 is 11.8 Å². The number of nitrogens with one attached hydrogen (secondary N) is 1. The van der Waals surface area contributed by atoms with Gasteiger partial charge in [-0.15, -0.1) is 23.4 Å². The smallest absolute Gasteiger partial charge is 0.416 e. The minimum atomic E-state index is -4.78. The van der Waals surface area contributed by atoms with E-state index >= 15 is 0 Å². The van der Waals surface area contributed by atoms with Crippen molar-refractivity contribution >= 4 is 40.2 Å². The van der Waals surface area contributed by atoms with E-state index in [1.807, 2.05) is 32.0 Å². The van der Waals surface area contributed by atoms with Crippen molar-refractivity contribution < 1.29 is 31.9 Å². The average Bonchev–Trinajstić information content (AvgIpc) is 3.50. The second kappa shape index (κ2) is 10.8. The third kappa shape index (κ3) is 6.31. The van der Waals surface area contributed by atoms with Crippen LogP contribution in [0, 0.1) is 13.8 Å². The van der Waals surface area contributed by atoms with Crippen LogP contribution in [0.3, 0.4) is 0 Å². The van der Waals surface area contributed by atoms with Crippen molar-refractivity contribution in [2.45, 2.75) is 20.2 Å². The van der Waals surface area contributed by atoms with Crippen molar-refractivity contribution in [2.75, 3.05) is 16.0 Å². The second-order valence-corrected chi connectivity index (χ2v) is 9.69. The van der Waals surface area contributed by atoms with E-state index in [2.05, 4.69) is 25.2 Å². The molecule has 0 atom stereocenters. The van der Waals surface area contributed by atoms with Crippen molar-refractivity contribution in [1.29, 1.82) is 0 Å². The molecule has 1 fully saturated rings. The average molecular weight is 568 g/mol. The SMILES string of the molecule is Cc1cc(C)cc(N2C(=O)CSC2=NC(=O)Nc2ccc(-c3nnc(-c4ccc(OC(F)(F)F)cc4)o3)cc2)c1. The van der Waals surface area contributed by atoms with E-state index in [0.717, 1.165) is 23.3 Å². The molecular formula is C27H20F3N5O4S. The molecule has 0 radical (unpaired) electrons. The van der Waals surface area contributed by atoms with Crippen LogP contribution < -0.4 is 15.0 Å². The number of aryl methyl sites for hydroxylation is 2. The number of carbonyl (C=O) groups is 2. The van der Waals surface area contributed by atoms with Crippen LogP contribution in [-0.2, 0) is 4.79 Å². The highest BCUT2D eigenvalue weighted by molar-refractivity contribution is 8.15. The zero-order chi connectivity index (χ0) is 28.4. The lowest BCUT2D eigenvalue weighted by molar-refractivity contribution is -0.274. The number of hydrogen-bond acceptors (Lipinski definition) is 7. The van der Waals surface area contributed by atoms with Gasteiger partial charge in [0.2, 0.25) is 17.7 Å². The minimum Gasteiger partial charge on any atom is -0.416 e. The Bertz CT molecular complexity index is 1580. The first-order valence-corrected chi connectivity index (χ1v) is 12.8. The fraction of sp³-hybridized carbons (Fsp3) is 0.148. The second-order valence-electron chi connectivity index (χ2n) is 8.75. The Labute approximate surface area is 230 Å². The number of urea groups is 1. The number of alkyl halides is 3. The molecule has 0 unspecified atom stereocenters. The Morgan fingerprint density at radius 3 is 2.12 bits per heavy atom. The number of aliphatic imine (C=N–C) groups is 1. The topological polar surface area (TPSA) is 110 Å². The number of rotatable bonds is 5. The molecule has 4 aromatic rings. The highest BCUT2D eigenvalue weighted by Gasteiger charge is 2.31. The van der Waals surface area contributed by atoms with Crippen LogP contribution in [0.5, 0.6) is 5.75 Å². The molecule has 1 saturated heterocycles. The zero-order valence-corrected chi connectivity index (χ0v) is 21.8. The highest BCUT2D eigenvalue weighted by Crippen LogP contribution is 2.30. The van der Waals surface area contributed by atoms with Crippen molar-refractivity contribution in [1.82, 2.24) is 10.2 Å². The number of anilines is 2. The predicted octanol–water partition coefficient (Wildman–Crippen LogP) is 6.59. The Hall–Kier alpha value is -4.65.